The summed E-state index contributed by atoms with van der Waals surface area (Å²) in [4.78, 5) is 27.2. The SMILES string of the molecule is CC(NC(=O)/C=C/CN(C)C)c1ccc(N2CCCOC2=O)cc1. The van der Waals surface area contributed by atoms with Crippen molar-refractivity contribution in [2.45, 2.75) is 19.4 Å². The van der Waals surface area contributed by atoms with Gasteiger partial charge in [-0.3, -0.25) is 9.69 Å². The third kappa shape index (κ3) is 5.09. The van der Waals surface area contributed by atoms with Crippen molar-refractivity contribution >= 4 is 17.7 Å². The second kappa shape index (κ2) is 8.49. The Morgan fingerprint density at radius 3 is 2.71 bits per heavy atom. The number of likely N-dealkylation sites (N-methyl/N-ethyl adjacent to an activating group) is 1. The van der Waals surface area contributed by atoms with Gasteiger partial charge in [-0.2, -0.15) is 0 Å². The first-order valence-electron chi connectivity index (χ1n) is 8.13. The predicted molar refractivity (Wildman–Crippen MR) is 94.0 cm³/mol. The van der Waals surface area contributed by atoms with Crippen LogP contribution in [0, 0.1) is 0 Å². The molecule has 6 nitrogen and oxygen atoms in total. The molecular weight excluding hydrogens is 306 g/mol. The molecule has 6 heteroatoms. The van der Waals surface area contributed by atoms with Crippen LogP contribution >= 0.6 is 0 Å². The van der Waals surface area contributed by atoms with Gasteiger partial charge in [0.05, 0.1) is 12.6 Å². The molecule has 1 saturated heterocycles. The molecule has 2 rings (SSSR count). The average molecular weight is 331 g/mol. The second-order valence-electron chi connectivity index (χ2n) is 6.11. The van der Waals surface area contributed by atoms with E-state index in [1.807, 2.05) is 56.3 Å². The number of anilines is 1. The maximum atomic E-state index is 11.9. The van der Waals surface area contributed by atoms with E-state index in [1.165, 1.54) is 0 Å². The number of amides is 2. The van der Waals surface area contributed by atoms with E-state index in [9.17, 15) is 9.59 Å². The summed E-state index contributed by atoms with van der Waals surface area (Å²) >= 11 is 0. The molecule has 1 atom stereocenters. The Kier molecular flexibility index (Phi) is 6.37. The molecule has 1 fully saturated rings. The molecular formula is C18H25N3O3. The molecule has 1 heterocycles. The third-order valence-corrected chi connectivity index (χ3v) is 3.78. The second-order valence-corrected chi connectivity index (χ2v) is 6.11. The number of nitrogens with one attached hydrogen (secondary N) is 1. The highest BCUT2D eigenvalue weighted by molar-refractivity contribution is 5.88. The van der Waals surface area contributed by atoms with Crippen molar-refractivity contribution in [2.24, 2.45) is 0 Å². The zero-order valence-corrected chi connectivity index (χ0v) is 14.5. The van der Waals surface area contributed by atoms with Gasteiger partial charge in [-0.15, -0.1) is 0 Å². The lowest BCUT2D eigenvalue weighted by Crippen LogP contribution is -2.37. The standard InChI is InChI=1S/C18H25N3O3/c1-14(19-17(22)6-4-11-20(2)3)15-7-9-16(10-8-15)21-12-5-13-24-18(21)23/h4,6-10,14H,5,11-13H2,1-3H3,(H,19,22)/b6-4+. The number of carbonyl (C=O) groups excluding carboxylic acids is 2. The van der Waals surface area contributed by atoms with Crippen LogP contribution in [0.3, 0.4) is 0 Å². The monoisotopic (exact) mass is 331 g/mol. The van der Waals surface area contributed by atoms with Crippen molar-refractivity contribution in [1.82, 2.24) is 10.2 Å². The fourth-order valence-electron chi connectivity index (χ4n) is 2.44. The maximum absolute atomic E-state index is 11.9. The summed E-state index contributed by atoms with van der Waals surface area (Å²) in [6.45, 7) is 3.81. The molecule has 1 unspecified atom stereocenters. The Hall–Kier alpha value is -2.34. The molecule has 1 N–H and O–H groups in total. The van der Waals surface area contributed by atoms with E-state index >= 15 is 0 Å². The smallest absolute Gasteiger partial charge is 0.414 e. The van der Waals surface area contributed by atoms with Gasteiger partial charge in [0, 0.05) is 24.9 Å². The van der Waals surface area contributed by atoms with E-state index in [4.69, 9.17) is 4.74 Å². The number of carbonyl (C=O) groups is 2. The fraction of sp³-hybridized carbons (Fsp3) is 0.444. The molecule has 0 spiro atoms. The van der Waals surface area contributed by atoms with Crippen LogP contribution in [-0.2, 0) is 9.53 Å². The first-order valence-corrected chi connectivity index (χ1v) is 8.13. The molecule has 130 valence electrons. The van der Waals surface area contributed by atoms with Gasteiger partial charge in [0.1, 0.15) is 0 Å². The van der Waals surface area contributed by atoms with Crippen molar-refractivity contribution in [1.29, 1.82) is 0 Å². The molecule has 24 heavy (non-hydrogen) atoms. The van der Waals surface area contributed by atoms with Gasteiger partial charge < -0.3 is 15.0 Å². The summed E-state index contributed by atoms with van der Waals surface area (Å²) in [5.41, 5.74) is 1.80. The van der Waals surface area contributed by atoms with Crippen LogP contribution in [0.1, 0.15) is 24.9 Å². The molecule has 2 amide bonds. The molecule has 0 saturated carbocycles. The van der Waals surface area contributed by atoms with Crippen LogP contribution in [0.5, 0.6) is 0 Å². The van der Waals surface area contributed by atoms with Crippen molar-refractivity contribution in [3.63, 3.8) is 0 Å². The summed E-state index contributed by atoms with van der Waals surface area (Å²) in [7, 11) is 3.90. The van der Waals surface area contributed by atoms with Crippen LogP contribution in [0.25, 0.3) is 0 Å². The van der Waals surface area contributed by atoms with E-state index < -0.39 is 0 Å². The molecule has 0 aromatic heterocycles. The summed E-state index contributed by atoms with van der Waals surface area (Å²) < 4.78 is 5.05. The summed E-state index contributed by atoms with van der Waals surface area (Å²) in [5.74, 6) is -0.118. The Morgan fingerprint density at radius 2 is 2.08 bits per heavy atom. The van der Waals surface area contributed by atoms with Gasteiger partial charge in [0.25, 0.3) is 0 Å². The number of hydrogen-bond donors (Lipinski definition) is 1. The number of benzene rings is 1. The van der Waals surface area contributed by atoms with E-state index in [-0.39, 0.29) is 18.0 Å². The Bertz CT molecular complexity index is 596. The quantitative estimate of drug-likeness (QED) is 0.813. The average Bonchev–Trinajstić information content (AvgIpc) is 2.55. The Labute approximate surface area is 143 Å². The maximum Gasteiger partial charge on any atom is 0.414 e. The van der Waals surface area contributed by atoms with Crippen LogP contribution in [0.2, 0.25) is 0 Å². The number of nitrogens with zero attached hydrogens (tertiary/aromatic N) is 2. The van der Waals surface area contributed by atoms with Gasteiger partial charge in [0.2, 0.25) is 5.91 Å². The highest BCUT2D eigenvalue weighted by Gasteiger charge is 2.21. The molecule has 1 aliphatic rings. The zero-order valence-electron chi connectivity index (χ0n) is 14.5. The van der Waals surface area contributed by atoms with Crippen molar-refractivity contribution in [3.05, 3.63) is 42.0 Å². The van der Waals surface area contributed by atoms with Gasteiger partial charge in [-0.05, 0) is 45.1 Å². The van der Waals surface area contributed by atoms with Gasteiger partial charge >= 0.3 is 6.09 Å². The summed E-state index contributed by atoms with van der Waals surface area (Å²) in [6.07, 6.45) is 3.91. The van der Waals surface area contributed by atoms with Crippen molar-refractivity contribution < 1.29 is 14.3 Å². The molecule has 1 aromatic carbocycles. The minimum Gasteiger partial charge on any atom is -0.449 e. The highest BCUT2D eigenvalue weighted by Crippen LogP contribution is 2.21. The largest absolute Gasteiger partial charge is 0.449 e. The number of hydrogen-bond acceptors (Lipinski definition) is 4. The first kappa shape index (κ1) is 18.0. The van der Waals surface area contributed by atoms with E-state index in [1.54, 1.807) is 11.0 Å². The van der Waals surface area contributed by atoms with Gasteiger partial charge in [0.15, 0.2) is 0 Å². The molecule has 1 aromatic rings. The van der Waals surface area contributed by atoms with E-state index in [2.05, 4.69) is 5.32 Å². The van der Waals surface area contributed by atoms with Gasteiger partial charge in [-0.1, -0.05) is 18.2 Å². The molecule has 0 bridgehead atoms. The van der Waals surface area contributed by atoms with E-state index in [0.717, 1.165) is 24.2 Å². The summed E-state index contributed by atoms with van der Waals surface area (Å²) in [6, 6.07) is 7.50. The molecule has 1 aliphatic heterocycles. The normalized spacial score (nSPS) is 16.3. The molecule has 0 aliphatic carbocycles. The number of ether oxygens (including phenoxy) is 1. The number of rotatable bonds is 6. The number of cyclic esters (lactones) is 1. The summed E-state index contributed by atoms with van der Waals surface area (Å²) in [5, 5.41) is 2.93. The third-order valence-electron chi connectivity index (χ3n) is 3.78. The Morgan fingerprint density at radius 1 is 1.38 bits per heavy atom. The van der Waals surface area contributed by atoms with Crippen LogP contribution in [0.15, 0.2) is 36.4 Å². The molecule has 0 radical (unpaired) electrons. The minimum absolute atomic E-state index is 0.108. The van der Waals surface area contributed by atoms with E-state index in [0.29, 0.717) is 13.2 Å². The van der Waals surface area contributed by atoms with Gasteiger partial charge in [-0.25, -0.2) is 4.79 Å². The highest BCUT2D eigenvalue weighted by atomic mass is 16.6. The van der Waals surface area contributed by atoms with Crippen molar-refractivity contribution in [3.8, 4) is 0 Å². The van der Waals surface area contributed by atoms with Crippen molar-refractivity contribution in [2.75, 3.05) is 38.7 Å². The zero-order chi connectivity index (χ0) is 17.5. The van der Waals surface area contributed by atoms with Crippen LogP contribution in [0.4, 0.5) is 10.5 Å². The Balaban J connectivity index is 1.93. The van der Waals surface area contributed by atoms with Crippen LogP contribution in [-0.4, -0.2) is 50.7 Å². The predicted octanol–water partition coefficient (Wildman–Crippen LogP) is 2.33. The first-order chi connectivity index (χ1) is 11.5. The lowest BCUT2D eigenvalue weighted by atomic mass is 10.1. The lowest BCUT2D eigenvalue weighted by molar-refractivity contribution is -0.117. The lowest BCUT2D eigenvalue weighted by Gasteiger charge is -2.26. The fourth-order valence-corrected chi connectivity index (χ4v) is 2.44. The van der Waals surface area contributed by atoms with Crippen LogP contribution < -0.4 is 10.2 Å². The topological polar surface area (TPSA) is 61.9 Å². The minimum atomic E-state index is -0.304.